The molecular weight excluding hydrogens is 224 g/mol. The van der Waals surface area contributed by atoms with Crippen LogP contribution in [0.25, 0.3) is 5.65 Å². The van der Waals surface area contributed by atoms with E-state index in [1.165, 1.54) is 32.5 Å². The van der Waals surface area contributed by atoms with E-state index in [-0.39, 0.29) is 0 Å². The highest BCUT2D eigenvalue weighted by atomic mass is 15.2. The highest BCUT2D eigenvalue weighted by Crippen LogP contribution is 2.17. The van der Waals surface area contributed by atoms with E-state index in [4.69, 9.17) is 0 Å². The Kier molecular flexibility index (Phi) is 3.19. The Hall–Kier alpha value is -1.55. The van der Waals surface area contributed by atoms with E-state index in [0.29, 0.717) is 6.04 Å². The number of nitrogens with one attached hydrogen (secondary N) is 1. The third-order valence-electron chi connectivity index (χ3n) is 3.82. The summed E-state index contributed by atoms with van der Waals surface area (Å²) in [5.41, 5.74) is 1.01. The molecule has 0 amide bonds. The first kappa shape index (κ1) is 11.5. The molecule has 3 heterocycles. The third-order valence-corrected chi connectivity index (χ3v) is 3.82. The Morgan fingerprint density at radius 3 is 2.94 bits per heavy atom. The van der Waals surface area contributed by atoms with Gasteiger partial charge < -0.3 is 10.2 Å². The molecule has 0 aliphatic carbocycles. The molecule has 0 unspecified atom stereocenters. The maximum absolute atomic E-state index is 4.31. The maximum Gasteiger partial charge on any atom is 0.138 e. The Labute approximate surface area is 108 Å². The summed E-state index contributed by atoms with van der Waals surface area (Å²) in [7, 11) is 0. The van der Waals surface area contributed by atoms with E-state index in [1.807, 2.05) is 18.5 Å². The van der Waals surface area contributed by atoms with Gasteiger partial charge in [-0.3, -0.25) is 4.40 Å². The summed E-state index contributed by atoms with van der Waals surface area (Å²) < 4.78 is 2.12. The van der Waals surface area contributed by atoms with Gasteiger partial charge in [-0.25, -0.2) is 4.98 Å². The number of aromatic nitrogens is 2. The van der Waals surface area contributed by atoms with Crippen molar-refractivity contribution < 1.29 is 0 Å². The Morgan fingerprint density at radius 2 is 2.17 bits per heavy atom. The van der Waals surface area contributed by atoms with Crippen molar-refractivity contribution in [1.29, 1.82) is 0 Å². The molecule has 0 radical (unpaired) electrons. The first-order valence-corrected chi connectivity index (χ1v) is 6.78. The Morgan fingerprint density at radius 1 is 1.33 bits per heavy atom. The van der Waals surface area contributed by atoms with Gasteiger partial charge >= 0.3 is 0 Å². The summed E-state index contributed by atoms with van der Waals surface area (Å²) in [6, 6.07) is 6.80. The number of likely N-dealkylation sites (tertiary alicyclic amines) is 1. The van der Waals surface area contributed by atoms with Crippen molar-refractivity contribution in [2.75, 3.05) is 25.0 Å². The lowest BCUT2D eigenvalue weighted by molar-refractivity contribution is 0.229. The average molecular weight is 244 g/mol. The first-order valence-electron chi connectivity index (χ1n) is 6.78. The fourth-order valence-corrected chi connectivity index (χ4v) is 2.67. The first-order chi connectivity index (χ1) is 8.86. The molecule has 1 N–H and O–H groups in total. The highest BCUT2D eigenvalue weighted by molar-refractivity contribution is 5.50. The molecule has 0 bridgehead atoms. The minimum absolute atomic E-state index is 0.584. The van der Waals surface area contributed by atoms with E-state index in [2.05, 4.69) is 38.7 Å². The van der Waals surface area contributed by atoms with Crippen molar-refractivity contribution in [3.8, 4) is 0 Å². The van der Waals surface area contributed by atoms with Gasteiger partial charge in [-0.05, 0) is 31.5 Å². The summed E-state index contributed by atoms with van der Waals surface area (Å²) >= 11 is 0. The largest absolute Gasteiger partial charge is 0.368 e. The minimum atomic E-state index is 0.584. The van der Waals surface area contributed by atoms with Gasteiger partial charge in [0.25, 0.3) is 0 Å². The zero-order chi connectivity index (χ0) is 12.4. The van der Waals surface area contributed by atoms with Gasteiger partial charge in [0.15, 0.2) is 0 Å². The van der Waals surface area contributed by atoms with Crippen molar-refractivity contribution in [3.05, 3.63) is 30.6 Å². The van der Waals surface area contributed by atoms with Gasteiger partial charge in [-0.2, -0.15) is 0 Å². The topological polar surface area (TPSA) is 32.6 Å². The lowest BCUT2D eigenvalue weighted by atomic mass is 10.1. The molecule has 1 saturated heterocycles. The van der Waals surface area contributed by atoms with Crippen molar-refractivity contribution >= 4 is 11.5 Å². The summed E-state index contributed by atoms with van der Waals surface area (Å²) in [4.78, 5) is 6.82. The number of hydrogen-bond acceptors (Lipinski definition) is 3. The molecule has 4 heteroatoms. The van der Waals surface area contributed by atoms with Crippen LogP contribution in [-0.4, -0.2) is 40.0 Å². The molecular formula is C14H20N4. The number of anilines is 1. The lowest BCUT2D eigenvalue weighted by Gasteiger charge is -2.32. The Bertz CT molecular complexity index is 511. The van der Waals surface area contributed by atoms with Crippen LogP contribution in [0, 0.1) is 0 Å². The summed E-state index contributed by atoms with van der Waals surface area (Å²) in [5.74, 6) is 1.15. The molecule has 0 saturated carbocycles. The molecule has 1 aliphatic rings. The molecule has 0 spiro atoms. The van der Waals surface area contributed by atoms with Crippen LogP contribution in [0.15, 0.2) is 30.6 Å². The third kappa shape index (κ3) is 2.20. The van der Waals surface area contributed by atoms with Gasteiger partial charge in [0.05, 0.1) is 0 Å². The highest BCUT2D eigenvalue weighted by Gasteiger charge is 2.18. The minimum Gasteiger partial charge on any atom is -0.368 e. The fourth-order valence-electron chi connectivity index (χ4n) is 2.67. The van der Waals surface area contributed by atoms with Gasteiger partial charge in [-0.1, -0.05) is 13.0 Å². The molecule has 0 atom stereocenters. The maximum atomic E-state index is 4.31. The molecule has 2 aromatic heterocycles. The number of piperidine rings is 1. The van der Waals surface area contributed by atoms with Crippen molar-refractivity contribution in [2.24, 2.45) is 0 Å². The van der Waals surface area contributed by atoms with Crippen LogP contribution in [0.3, 0.4) is 0 Å². The number of pyridine rings is 1. The predicted octanol–water partition coefficient (Wildman–Crippen LogP) is 2.23. The number of rotatable bonds is 3. The number of nitrogens with zero attached hydrogens (tertiary/aromatic N) is 3. The van der Waals surface area contributed by atoms with Crippen LogP contribution in [0.1, 0.15) is 19.8 Å². The van der Waals surface area contributed by atoms with Gasteiger partial charge in [0.2, 0.25) is 0 Å². The van der Waals surface area contributed by atoms with Gasteiger partial charge in [0, 0.05) is 31.5 Å². The monoisotopic (exact) mass is 244 g/mol. The molecule has 1 aliphatic heterocycles. The number of hydrogen-bond donors (Lipinski definition) is 1. The van der Waals surface area contributed by atoms with Gasteiger partial charge in [-0.15, -0.1) is 0 Å². The van der Waals surface area contributed by atoms with Crippen LogP contribution >= 0.6 is 0 Å². The zero-order valence-corrected chi connectivity index (χ0v) is 10.8. The van der Waals surface area contributed by atoms with E-state index in [9.17, 15) is 0 Å². The van der Waals surface area contributed by atoms with Crippen LogP contribution < -0.4 is 5.32 Å². The van der Waals surface area contributed by atoms with Crippen LogP contribution in [0.5, 0.6) is 0 Å². The van der Waals surface area contributed by atoms with Crippen LogP contribution in [0.2, 0.25) is 0 Å². The standard InChI is InChI=1S/C14H20N4/c1-2-17-9-6-12(7-10-17)16-14-5-3-4-13-15-8-11-18(13)14/h3-5,8,11-12,16H,2,6-7,9-10H2,1H3. The lowest BCUT2D eigenvalue weighted by Crippen LogP contribution is -2.39. The van der Waals surface area contributed by atoms with Crippen molar-refractivity contribution in [3.63, 3.8) is 0 Å². The molecule has 1 fully saturated rings. The molecule has 3 rings (SSSR count). The second kappa shape index (κ2) is 4.98. The quantitative estimate of drug-likeness (QED) is 0.898. The van der Waals surface area contributed by atoms with E-state index in [1.54, 1.807) is 0 Å². The smallest absolute Gasteiger partial charge is 0.138 e. The average Bonchev–Trinajstić information content (AvgIpc) is 2.89. The van der Waals surface area contributed by atoms with E-state index >= 15 is 0 Å². The van der Waals surface area contributed by atoms with Crippen molar-refractivity contribution in [1.82, 2.24) is 14.3 Å². The summed E-state index contributed by atoms with van der Waals surface area (Å²) in [6.07, 6.45) is 6.30. The normalized spacial score (nSPS) is 18.3. The van der Waals surface area contributed by atoms with Crippen LogP contribution in [-0.2, 0) is 0 Å². The van der Waals surface area contributed by atoms with E-state index < -0.39 is 0 Å². The molecule has 2 aromatic rings. The molecule has 18 heavy (non-hydrogen) atoms. The van der Waals surface area contributed by atoms with Crippen LogP contribution in [0.4, 0.5) is 5.82 Å². The zero-order valence-electron chi connectivity index (χ0n) is 10.8. The summed E-state index contributed by atoms with van der Waals surface area (Å²) in [6.45, 7) is 5.81. The predicted molar refractivity (Wildman–Crippen MR) is 74.0 cm³/mol. The second-order valence-electron chi connectivity index (χ2n) is 4.92. The van der Waals surface area contributed by atoms with E-state index in [0.717, 1.165) is 11.5 Å². The van der Waals surface area contributed by atoms with Crippen molar-refractivity contribution in [2.45, 2.75) is 25.8 Å². The summed E-state index contributed by atoms with van der Waals surface area (Å²) in [5, 5.41) is 3.65. The molecule has 96 valence electrons. The molecule has 0 aromatic carbocycles. The number of fused-ring (bicyclic) bond motifs is 1. The second-order valence-corrected chi connectivity index (χ2v) is 4.92. The van der Waals surface area contributed by atoms with Gasteiger partial charge in [0.1, 0.15) is 11.5 Å². The fraction of sp³-hybridized carbons (Fsp3) is 0.500. The number of imidazole rings is 1. The Balaban J connectivity index is 1.71. The molecule has 4 nitrogen and oxygen atoms in total. The SMILES string of the molecule is CCN1CCC(Nc2cccc3nccn23)CC1.